The summed E-state index contributed by atoms with van der Waals surface area (Å²) >= 11 is 0. The summed E-state index contributed by atoms with van der Waals surface area (Å²) in [5, 5.41) is 2.90. The van der Waals surface area contributed by atoms with Gasteiger partial charge in [-0.25, -0.2) is 9.97 Å². The first-order valence-corrected chi connectivity index (χ1v) is 8.19. The molecule has 1 aliphatic rings. The minimum atomic E-state index is 0.00600. The average Bonchev–Trinajstić information content (AvgIpc) is 3.05. The molecule has 1 N–H and O–H groups in total. The zero-order chi connectivity index (χ0) is 16.9. The van der Waals surface area contributed by atoms with E-state index in [0.717, 1.165) is 31.9 Å². The number of likely N-dealkylation sites (tertiary alicyclic amines) is 1. The predicted molar refractivity (Wildman–Crippen MR) is 94.8 cm³/mol. The summed E-state index contributed by atoms with van der Waals surface area (Å²) in [7, 11) is 4.00. The Kier molecular flexibility index (Phi) is 5.05. The van der Waals surface area contributed by atoms with Crippen LogP contribution in [-0.2, 0) is 11.3 Å². The van der Waals surface area contributed by atoms with Gasteiger partial charge in [-0.1, -0.05) is 12.1 Å². The summed E-state index contributed by atoms with van der Waals surface area (Å²) in [6.45, 7) is 2.50. The number of hydrogen-bond acceptors (Lipinski definition) is 5. The zero-order valence-corrected chi connectivity index (χ0v) is 14.1. The van der Waals surface area contributed by atoms with Gasteiger partial charge in [0.2, 0.25) is 5.91 Å². The largest absolute Gasteiger partial charge is 0.362 e. The Labute approximate surface area is 142 Å². The lowest BCUT2D eigenvalue weighted by molar-refractivity contribution is -0.119. The van der Waals surface area contributed by atoms with Crippen LogP contribution in [0.15, 0.2) is 42.7 Å². The Morgan fingerprint density at radius 1 is 1.25 bits per heavy atom. The summed E-state index contributed by atoms with van der Waals surface area (Å²) in [5.41, 5.74) is 1.19. The van der Waals surface area contributed by atoms with E-state index < -0.39 is 0 Å². The van der Waals surface area contributed by atoms with E-state index >= 15 is 0 Å². The van der Waals surface area contributed by atoms with Crippen LogP contribution in [0, 0.1) is 5.92 Å². The van der Waals surface area contributed by atoms with Gasteiger partial charge in [0.05, 0.1) is 5.92 Å². The first-order valence-electron chi connectivity index (χ1n) is 8.19. The summed E-state index contributed by atoms with van der Waals surface area (Å²) in [6, 6.07) is 9.58. The molecule has 0 bridgehead atoms. The van der Waals surface area contributed by atoms with Crippen molar-refractivity contribution in [1.82, 2.24) is 14.9 Å². The number of anilines is 2. The number of hydrogen-bond donors (Lipinski definition) is 1. The third kappa shape index (κ3) is 3.89. The normalized spacial score (nSPS) is 17.7. The van der Waals surface area contributed by atoms with Crippen LogP contribution in [0.2, 0.25) is 0 Å². The van der Waals surface area contributed by atoms with E-state index in [2.05, 4.69) is 26.3 Å². The van der Waals surface area contributed by atoms with E-state index in [1.807, 2.05) is 49.5 Å². The van der Waals surface area contributed by atoms with Gasteiger partial charge in [-0.3, -0.25) is 9.69 Å². The molecule has 0 aliphatic carbocycles. The van der Waals surface area contributed by atoms with Gasteiger partial charge in [0.25, 0.3) is 0 Å². The van der Waals surface area contributed by atoms with Gasteiger partial charge in [0, 0.05) is 45.1 Å². The van der Waals surface area contributed by atoms with E-state index in [4.69, 9.17) is 0 Å². The molecule has 6 heteroatoms. The molecule has 3 rings (SSSR count). The van der Waals surface area contributed by atoms with E-state index in [-0.39, 0.29) is 11.8 Å². The molecule has 3 heterocycles. The second kappa shape index (κ2) is 7.40. The maximum absolute atomic E-state index is 12.4. The minimum Gasteiger partial charge on any atom is -0.362 e. The van der Waals surface area contributed by atoms with Crippen LogP contribution in [0.4, 0.5) is 11.6 Å². The number of nitrogens with zero attached hydrogens (tertiary/aromatic N) is 4. The summed E-state index contributed by atoms with van der Waals surface area (Å²) in [6.07, 6.45) is 4.36. The summed E-state index contributed by atoms with van der Waals surface area (Å²) < 4.78 is 0. The van der Waals surface area contributed by atoms with Gasteiger partial charge >= 0.3 is 0 Å². The lowest BCUT2D eigenvalue weighted by atomic mass is 10.1. The molecule has 0 spiro atoms. The van der Waals surface area contributed by atoms with Crippen LogP contribution in [0.25, 0.3) is 0 Å². The number of carbonyl (C=O) groups excluding carboxylic acids is 1. The fourth-order valence-electron chi connectivity index (χ4n) is 3.05. The summed E-state index contributed by atoms with van der Waals surface area (Å²) in [4.78, 5) is 25.3. The standard InChI is InChI=1S/C18H23N5O/c1-22(2)17-14(6-5-10-20-17)12-23-11-8-15(13-23)18(24)21-16-7-3-4-9-19-16/h3-7,9-10,15H,8,11-13H2,1-2H3,(H,19,21,24)/t15-/m1/s1. The fourth-order valence-corrected chi connectivity index (χ4v) is 3.05. The van der Waals surface area contributed by atoms with Crippen LogP contribution in [-0.4, -0.2) is 48.0 Å². The Morgan fingerprint density at radius 3 is 2.83 bits per heavy atom. The van der Waals surface area contributed by atoms with Crippen LogP contribution in [0.1, 0.15) is 12.0 Å². The lowest BCUT2D eigenvalue weighted by Gasteiger charge is -2.20. The van der Waals surface area contributed by atoms with Crippen molar-refractivity contribution in [1.29, 1.82) is 0 Å². The van der Waals surface area contributed by atoms with Crippen molar-refractivity contribution in [3.05, 3.63) is 48.3 Å². The molecule has 2 aromatic heterocycles. The molecule has 0 saturated carbocycles. The third-order valence-electron chi connectivity index (χ3n) is 4.24. The SMILES string of the molecule is CN(C)c1ncccc1CN1CC[C@@H](C(=O)Nc2ccccn2)C1. The molecule has 1 fully saturated rings. The van der Waals surface area contributed by atoms with Gasteiger partial charge in [-0.15, -0.1) is 0 Å². The molecule has 1 aliphatic heterocycles. The highest BCUT2D eigenvalue weighted by molar-refractivity contribution is 5.92. The van der Waals surface area contributed by atoms with Crippen molar-refractivity contribution in [3.63, 3.8) is 0 Å². The van der Waals surface area contributed by atoms with Crippen LogP contribution >= 0.6 is 0 Å². The van der Waals surface area contributed by atoms with Gasteiger partial charge < -0.3 is 10.2 Å². The first kappa shape index (κ1) is 16.4. The molecule has 6 nitrogen and oxygen atoms in total. The molecular formula is C18H23N5O. The van der Waals surface area contributed by atoms with E-state index in [0.29, 0.717) is 5.82 Å². The summed E-state index contributed by atoms with van der Waals surface area (Å²) in [5.74, 6) is 1.66. The third-order valence-corrected chi connectivity index (χ3v) is 4.24. The van der Waals surface area contributed by atoms with Crippen LogP contribution in [0.5, 0.6) is 0 Å². The number of aromatic nitrogens is 2. The second-order valence-corrected chi connectivity index (χ2v) is 6.31. The highest BCUT2D eigenvalue weighted by atomic mass is 16.2. The van der Waals surface area contributed by atoms with Crippen molar-refractivity contribution < 1.29 is 4.79 Å². The highest BCUT2D eigenvalue weighted by Crippen LogP contribution is 2.23. The Hall–Kier alpha value is -2.47. The molecule has 126 valence electrons. The van der Waals surface area contributed by atoms with Crippen molar-refractivity contribution in [3.8, 4) is 0 Å². The van der Waals surface area contributed by atoms with Crippen molar-refractivity contribution in [2.24, 2.45) is 5.92 Å². The predicted octanol–water partition coefficient (Wildman–Crippen LogP) is 2.00. The average molecular weight is 325 g/mol. The monoisotopic (exact) mass is 325 g/mol. The Balaban J connectivity index is 1.59. The Morgan fingerprint density at radius 2 is 2.08 bits per heavy atom. The van der Waals surface area contributed by atoms with E-state index in [1.54, 1.807) is 6.20 Å². The molecule has 1 saturated heterocycles. The molecule has 1 atom stereocenters. The molecule has 0 aromatic carbocycles. The van der Waals surface area contributed by atoms with Gasteiger partial charge in [-0.2, -0.15) is 0 Å². The molecule has 24 heavy (non-hydrogen) atoms. The van der Waals surface area contributed by atoms with Crippen molar-refractivity contribution in [2.75, 3.05) is 37.4 Å². The van der Waals surface area contributed by atoms with Gasteiger partial charge in [0.15, 0.2) is 0 Å². The first-order chi connectivity index (χ1) is 11.6. The molecule has 1 amide bonds. The molecular weight excluding hydrogens is 302 g/mol. The number of rotatable bonds is 5. The Bertz CT molecular complexity index is 689. The number of nitrogens with one attached hydrogen (secondary N) is 1. The van der Waals surface area contributed by atoms with Crippen molar-refractivity contribution in [2.45, 2.75) is 13.0 Å². The fraction of sp³-hybridized carbons (Fsp3) is 0.389. The van der Waals surface area contributed by atoms with Crippen molar-refractivity contribution >= 4 is 17.5 Å². The number of pyridine rings is 2. The van der Waals surface area contributed by atoms with E-state index in [9.17, 15) is 4.79 Å². The second-order valence-electron chi connectivity index (χ2n) is 6.31. The topological polar surface area (TPSA) is 61.4 Å². The van der Waals surface area contributed by atoms with Crippen LogP contribution < -0.4 is 10.2 Å². The van der Waals surface area contributed by atoms with Gasteiger partial charge in [0.1, 0.15) is 11.6 Å². The molecule has 2 aromatic rings. The highest BCUT2D eigenvalue weighted by Gasteiger charge is 2.29. The lowest BCUT2D eigenvalue weighted by Crippen LogP contribution is -2.27. The maximum atomic E-state index is 12.4. The van der Waals surface area contributed by atoms with E-state index in [1.165, 1.54) is 5.56 Å². The number of amides is 1. The quantitative estimate of drug-likeness (QED) is 0.911. The molecule has 0 unspecified atom stereocenters. The minimum absolute atomic E-state index is 0.00600. The zero-order valence-electron chi connectivity index (χ0n) is 14.1. The van der Waals surface area contributed by atoms with Crippen LogP contribution in [0.3, 0.4) is 0 Å². The smallest absolute Gasteiger partial charge is 0.229 e. The molecule has 0 radical (unpaired) electrons. The maximum Gasteiger partial charge on any atom is 0.229 e. The number of carbonyl (C=O) groups is 1. The van der Waals surface area contributed by atoms with Gasteiger partial charge in [-0.05, 0) is 31.2 Å².